The zero-order valence-corrected chi connectivity index (χ0v) is 18.8. The molecule has 0 spiro atoms. The summed E-state index contributed by atoms with van der Waals surface area (Å²) in [5.74, 6) is 0.820. The Morgan fingerprint density at radius 1 is 1.24 bits per heavy atom. The van der Waals surface area contributed by atoms with Crippen LogP contribution in [0.2, 0.25) is 0 Å². The summed E-state index contributed by atoms with van der Waals surface area (Å²) in [4.78, 5) is 13.5. The first-order valence-corrected chi connectivity index (χ1v) is 11.0. The molecule has 1 amide bonds. The highest BCUT2D eigenvalue weighted by Gasteiger charge is 2.39. The Morgan fingerprint density at radius 2 is 1.90 bits per heavy atom. The molecule has 2 aromatic rings. The zero-order valence-electron chi connectivity index (χ0n) is 18.8. The molecule has 5 nitrogen and oxygen atoms in total. The average Bonchev–Trinajstić information content (AvgIpc) is 3.05. The van der Waals surface area contributed by atoms with Crippen molar-refractivity contribution < 1.29 is 4.79 Å². The first-order chi connectivity index (χ1) is 13.8. The topological polar surface area (TPSA) is 59.0 Å². The smallest absolute Gasteiger partial charge is 0.257 e. The van der Waals surface area contributed by atoms with Crippen molar-refractivity contribution in [2.45, 2.75) is 90.8 Å². The van der Waals surface area contributed by atoms with Crippen LogP contribution >= 0.6 is 0 Å². The first kappa shape index (κ1) is 21.4. The van der Waals surface area contributed by atoms with E-state index in [1.807, 2.05) is 17.7 Å². The number of hydrogen-bond acceptors (Lipinski definition) is 3. The Hall–Kier alpha value is -2.30. The zero-order chi connectivity index (χ0) is 21.2. The molecule has 0 fully saturated rings. The summed E-state index contributed by atoms with van der Waals surface area (Å²) in [6, 6.07) is 10.6. The average molecular weight is 397 g/mol. The number of anilines is 1. The number of carbonyl (C=O) groups excluding carboxylic acids is 1. The van der Waals surface area contributed by atoms with E-state index < -0.39 is 0 Å². The minimum atomic E-state index is -0.180. The lowest BCUT2D eigenvalue weighted by molar-refractivity contribution is 0.0884. The minimum Gasteiger partial charge on any atom is -0.363 e. The highest BCUT2D eigenvalue weighted by Crippen LogP contribution is 2.41. The quantitative estimate of drug-likeness (QED) is 0.643. The van der Waals surface area contributed by atoms with Crippen LogP contribution in [0.15, 0.2) is 30.3 Å². The van der Waals surface area contributed by atoms with Gasteiger partial charge < -0.3 is 10.6 Å². The lowest BCUT2D eigenvalue weighted by atomic mass is 9.87. The van der Waals surface area contributed by atoms with Crippen LogP contribution in [-0.4, -0.2) is 21.2 Å². The molecule has 3 rings (SSSR count). The fraction of sp³-hybridized carbons (Fsp3) is 0.583. The van der Waals surface area contributed by atoms with Crippen molar-refractivity contribution in [1.82, 2.24) is 15.1 Å². The maximum Gasteiger partial charge on any atom is 0.257 e. The van der Waals surface area contributed by atoms with Crippen LogP contribution in [0.25, 0.3) is 0 Å². The Balaban J connectivity index is 1.99. The molecule has 1 aliphatic heterocycles. The van der Waals surface area contributed by atoms with E-state index >= 15 is 0 Å². The van der Waals surface area contributed by atoms with Crippen LogP contribution < -0.4 is 10.6 Å². The summed E-state index contributed by atoms with van der Waals surface area (Å²) in [5, 5.41) is 11.8. The number of fused-ring (bicyclic) bond motifs is 1. The third-order valence-corrected chi connectivity index (χ3v) is 6.54. The Labute approximate surface area is 175 Å². The van der Waals surface area contributed by atoms with Crippen molar-refractivity contribution in [2.24, 2.45) is 0 Å². The number of nitrogens with zero attached hydrogens (tertiary/aromatic N) is 2. The van der Waals surface area contributed by atoms with Crippen molar-refractivity contribution in [3.8, 4) is 0 Å². The lowest BCUT2D eigenvalue weighted by Gasteiger charge is -2.38. The molecule has 29 heavy (non-hydrogen) atoms. The van der Waals surface area contributed by atoms with E-state index in [4.69, 9.17) is 5.10 Å². The van der Waals surface area contributed by atoms with Crippen molar-refractivity contribution in [3.63, 3.8) is 0 Å². The summed E-state index contributed by atoms with van der Waals surface area (Å²) < 4.78 is 2.01. The molecule has 5 heteroatoms. The Kier molecular flexibility index (Phi) is 6.06. The minimum absolute atomic E-state index is 0.0158. The molecule has 0 aliphatic carbocycles. The van der Waals surface area contributed by atoms with E-state index in [0.29, 0.717) is 5.56 Å². The van der Waals surface area contributed by atoms with E-state index in [9.17, 15) is 4.79 Å². The SMILES string of the molecule is CCCC(CC)(CC)NC(=O)c1c(C)nn2c1NC(c1ccccc1)CC2(C)C. The lowest BCUT2D eigenvalue weighted by Crippen LogP contribution is -2.48. The number of nitrogens with one attached hydrogen (secondary N) is 2. The van der Waals surface area contributed by atoms with E-state index in [2.05, 4.69) is 69.5 Å². The van der Waals surface area contributed by atoms with Gasteiger partial charge in [-0.25, -0.2) is 4.68 Å². The first-order valence-electron chi connectivity index (χ1n) is 11.0. The highest BCUT2D eigenvalue weighted by atomic mass is 16.2. The van der Waals surface area contributed by atoms with E-state index in [0.717, 1.165) is 43.6 Å². The molecule has 1 aromatic heterocycles. The van der Waals surface area contributed by atoms with Crippen LogP contribution in [0.4, 0.5) is 5.82 Å². The standard InChI is InChI=1S/C24H36N4O/c1-7-15-24(8-2,9-3)26-22(29)20-17(4)27-28-21(20)25-19(16-23(28,5)6)18-13-11-10-12-14-18/h10-14,19,25H,7-9,15-16H2,1-6H3,(H,26,29). The van der Waals surface area contributed by atoms with Gasteiger partial charge in [0.1, 0.15) is 11.4 Å². The molecule has 0 bridgehead atoms. The van der Waals surface area contributed by atoms with Crippen LogP contribution in [0.3, 0.4) is 0 Å². The molecule has 2 N–H and O–H groups in total. The van der Waals surface area contributed by atoms with Gasteiger partial charge in [-0.3, -0.25) is 4.79 Å². The molecule has 2 heterocycles. The van der Waals surface area contributed by atoms with Gasteiger partial charge in [0.25, 0.3) is 5.91 Å². The second-order valence-electron chi connectivity index (χ2n) is 9.04. The Morgan fingerprint density at radius 3 is 2.48 bits per heavy atom. The number of hydrogen-bond donors (Lipinski definition) is 2. The second-order valence-corrected chi connectivity index (χ2v) is 9.04. The molecule has 1 unspecified atom stereocenters. The monoisotopic (exact) mass is 396 g/mol. The summed E-state index contributed by atoms with van der Waals surface area (Å²) in [7, 11) is 0. The number of rotatable bonds is 7. The molecular weight excluding hydrogens is 360 g/mol. The van der Waals surface area contributed by atoms with Crippen molar-refractivity contribution in [1.29, 1.82) is 0 Å². The van der Waals surface area contributed by atoms with Gasteiger partial charge in [-0.2, -0.15) is 5.10 Å². The van der Waals surface area contributed by atoms with Crippen LogP contribution in [0, 0.1) is 6.92 Å². The number of aryl methyl sites for hydroxylation is 1. The maximum absolute atomic E-state index is 13.5. The van der Waals surface area contributed by atoms with Crippen LogP contribution in [0.5, 0.6) is 0 Å². The van der Waals surface area contributed by atoms with Crippen molar-refractivity contribution >= 4 is 11.7 Å². The molecule has 1 aliphatic rings. The van der Waals surface area contributed by atoms with Gasteiger partial charge in [-0.1, -0.05) is 57.5 Å². The summed E-state index contributed by atoms with van der Waals surface area (Å²) in [6.07, 6.45) is 4.80. The van der Waals surface area contributed by atoms with Gasteiger partial charge in [-0.15, -0.1) is 0 Å². The van der Waals surface area contributed by atoms with Gasteiger partial charge in [0, 0.05) is 5.54 Å². The summed E-state index contributed by atoms with van der Waals surface area (Å²) >= 11 is 0. The fourth-order valence-electron chi connectivity index (χ4n) is 4.68. The molecule has 1 atom stereocenters. The van der Waals surface area contributed by atoms with E-state index in [1.165, 1.54) is 5.56 Å². The van der Waals surface area contributed by atoms with Crippen LogP contribution in [-0.2, 0) is 5.54 Å². The predicted octanol–water partition coefficient (Wildman–Crippen LogP) is 5.57. The maximum atomic E-state index is 13.5. The van der Waals surface area contributed by atoms with Gasteiger partial charge in [-0.05, 0) is 52.0 Å². The summed E-state index contributed by atoms with van der Waals surface area (Å²) in [5.41, 5.74) is 2.36. The van der Waals surface area contributed by atoms with E-state index in [1.54, 1.807) is 0 Å². The molecule has 158 valence electrons. The van der Waals surface area contributed by atoms with Gasteiger partial charge in [0.05, 0.1) is 17.3 Å². The fourth-order valence-corrected chi connectivity index (χ4v) is 4.68. The van der Waals surface area contributed by atoms with Crippen molar-refractivity contribution in [2.75, 3.05) is 5.32 Å². The van der Waals surface area contributed by atoms with E-state index in [-0.39, 0.29) is 23.0 Å². The number of benzene rings is 1. The number of amides is 1. The molecule has 0 radical (unpaired) electrons. The second kappa shape index (κ2) is 8.21. The molecular formula is C24H36N4O. The third-order valence-electron chi connectivity index (χ3n) is 6.54. The largest absolute Gasteiger partial charge is 0.363 e. The highest BCUT2D eigenvalue weighted by molar-refractivity contribution is 6.00. The third kappa shape index (κ3) is 4.05. The number of carbonyl (C=O) groups is 1. The molecule has 0 saturated heterocycles. The van der Waals surface area contributed by atoms with Gasteiger partial charge in [0.2, 0.25) is 0 Å². The van der Waals surface area contributed by atoms with Crippen LogP contribution in [0.1, 0.15) is 94.4 Å². The summed E-state index contributed by atoms with van der Waals surface area (Å²) in [6.45, 7) is 12.8. The predicted molar refractivity (Wildman–Crippen MR) is 119 cm³/mol. The Bertz CT molecular complexity index is 849. The number of aromatic nitrogens is 2. The van der Waals surface area contributed by atoms with Gasteiger partial charge in [0.15, 0.2) is 0 Å². The normalized spacial score (nSPS) is 18.1. The van der Waals surface area contributed by atoms with Crippen molar-refractivity contribution in [3.05, 3.63) is 47.2 Å². The van der Waals surface area contributed by atoms with Gasteiger partial charge >= 0.3 is 0 Å². The molecule has 0 saturated carbocycles. The molecule has 1 aromatic carbocycles.